The number of para-hydroxylation sites is 2. The van der Waals surface area contributed by atoms with Crippen LogP contribution in [0.5, 0.6) is 23.3 Å². The van der Waals surface area contributed by atoms with Crippen molar-refractivity contribution < 1.29 is 9.47 Å². The van der Waals surface area contributed by atoms with Crippen molar-refractivity contribution in [3.8, 4) is 35.4 Å². The van der Waals surface area contributed by atoms with Crippen LogP contribution < -0.4 is 9.47 Å². The first-order valence-corrected chi connectivity index (χ1v) is 13.2. The van der Waals surface area contributed by atoms with Gasteiger partial charge in [0.05, 0.1) is 0 Å². The molecule has 0 N–H and O–H groups in total. The average molecular weight is 571 g/mol. The largest absolute Gasteiger partial charge is 0.436 e. The van der Waals surface area contributed by atoms with Crippen molar-refractivity contribution in [1.29, 1.82) is 10.5 Å². The molecule has 0 saturated carbocycles. The van der Waals surface area contributed by atoms with Crippen molar-refractivity contribution in [3.63, 3.8) is 0 Å². The first-order valence-electron chi connectivity index (χ1n) is 13.2. The number of hydrogen-bond donors (Lipinski definition) is 0. The molecule has 0 fully saturated rings. The Morgan fingerprint density at radius 3 is 1.18 bits per heavy atom. The summed E-state index contributed by atoms with van der Waals surface area (Å²) in [7, 11) is 0. The summed E-state index contributed by atoms with van der Waals surface area (Å²) in [5.74, 6) is 1.01. The van der Waals surface area contributed by atoms with E-state index < -0.39 is 0 Å². The van der Waals surface area contributed by atoms with Crippen molar-refractivity contribution >= 4 is 55.4 Å². The molecule has 4 heterocycles. The molecule has 0 bridgehead atoms. The van der Waals surface area contributed by atoms with E-state index in [0.717, 1.165) is 10.8 Å². The number of hydrogen-bond acceptors (Lipinski definition) is 12. The van der Waals surface area contributed by atoms with Gasteiger partial charge < -0.3 is 9.47 Å². The molecule has 12 nitrogen and oxygen atoms in total. The van der Waals surface area contributed by atoms with E-state index in [1.807, 2.05) is 60.7 Å². The molecular weight excluding hydrogens is 556 g/mol. The van der Waals surface area contributed by atoms with Gasteiger partial charge in [-0.1, -0.05) is 60.7 Å². The summed E-state index contributed by atoms with van der Waals surface area (Å²) in [4.78, 5) is 37.0. The monoisotopic (exact) mass is 570 g/mol. The van der Waals surface area contributed by atoms with Crippen LogP contribution in [0.3, 0.4) is 0 Å². The van der Waals surface area contributed by atoms with Crippen molar-refractivity contribution in [2.45, 2.75) is 0 Å². The fraction of sp³-hybridized carbons (Fsp3) is 0. The lowest BCUT2D eigenvalue weighted by Gasteiger charge is -2.11. The molecule has 0 unspecified atom stereocenters. The molecule has 44 heavy (non-hydrogen) atoms. The maximum Gasteiger partial charge on any atom is 0.258 e. The van der Waals surface area contributed by atoms with Crippen LogP contribution in [0.1, 0.15) is 11.4 Å². The van der Waals surface area contributed by atoms with Crippen LogP contribution >= 0.6 is 0 Å². The lowest BCUT2D eigenvalue weighted by molar-refractivity contribution is 0.460. The lowest BCUT2D eigenvalue weighted by atomic mass is 10.1. The van der Waals surface area contributed by atoms with Crippen LogP contribution in [0.25, 0.3) is 55.4 Å². The van der Waals surface area contributed by atoms with E-state index in [-0.39, 0.29) is 45.7 Å². The van der Waals surface area contributed by atoms with Gasteiger partial charge in [-0.25, -0.2) is 29.9 Å². The van der Waals surface area contributed by atoms with Crippen LogP contribution in [0.15, 0.2) is 84.9 Å². The highest BCUT2D eigenvalue weighted by Crippen LogP contribution is 2.34. The van der Waals surface area contributed by atoms with Crippen LogP contribution in [0.4, 0.5) is 0 Å². The Hall–Kier alpha value is -6.92. The molecule has 8 rings (SSSR count). The van der Waals surface area contributed by atoms with Gasteiger partial charge in [-0.3, -0.25) is 0 Å². The van der Waals surface area contributed by atoms with Crippen molar-refractivity contribution in [3.05, 3.63) is 96.3 Å². The molecule has 0 aliphatic carbocycles. The lowest BCUT2D eigenvalue weighted by Crippen LogP contribution is -2.03. The Kier molecular flexibility index (Phi) is 5.57. The number of benzene rings is 4. The van der Waals surface area contributed by atoms with E-state index in [1.165, 1.54) is 0 Å². The first kappa shape index (κ1) is 24.8. The van der Waals surface area contributed by atoms with Gasteiger partial charge in [0.25, 0.3) is 11.8 Å². The molecule has 0 spiro atoms. The molecule has 0 aliphatic rings. The van der Waals surface area contributed by atoms with Gasteiger partial charge in [-0.2, -0.15) is 20.5 Å². The molecule has 0 atom stereocenters. The van der Waals surface area contributed by atoms with Gasteiger partial charge in [0.1, 0.15) is 45.7 Å². The van der Waals surface area contributed by atoms with E-state index in [1.54, 1.807) is 36.4 Å². The van der Waals surface area contributed by atoms with Gasteiger partial charge in [0.2, 0.25) is 22.7 Å². The van der Waals surface area contributed by atoms with Crippen molar-refractivity contribution in [2.24, 2.45) is 0 Å². The van der Waals surface area contributed by atoms with Gasteiger partial charge in [0.15, 0.2) is 11.3 Å². The van der Waals surface area contributed by atoms with E-state index in [9.17, 15) is 10.5 Å². The van der Waals surface area contributed by atoms with Gasteiger partial charge in [-0.15, -0.1) is 0 Å². The highest BCUT2D eigenvalue weighted by Gasteiger charge is 2.21. The third-order valence-corrected chi connectivity index (χ3v) is 6.76. The topological polar surface area (TPSA) is 169 Å². The maximum absolute atomic E-state index is 9.82. The summed E-state index contributed by atoms with van der Waals surface area (Å²) in [5.41, 5.74) is 2.32. The van der Waals surface area contributed by atoms with E-state index in [2.05, 4.69) is 19.9 Å². The molecule has 4 aromatic carbocycles. The summed E-state index contributed by atoms with van der Waals surface area (Å²) in [6, 6.07) is 29.5. The Bertz CT molecular complexity index is 2530. The minimum Gasteiger partial charge on any atom is -0.436 e. The predicted octanol–water partition coefficient (Wildman–Crippen LogP) is 5.94. The summed E-state index contributed by atoms with van der Waals surface area (Å²) < 4.78 is 11.7. The number of rotatable bonds is 4. The Morgan fingerprint density at radius 2 is 0.773 bits per heavy atom. The number of ether oxygens (including phenoxy) is 2. The van der Waals surface area contributed by atoms with Crippen molar-refractivity contribution in [2.75, 3.05) is 0 Å². The summed E-state index contributed by atoms with van der Waals surface area (Å²) in [6.45, 7) is 0. The fourth-order valence-corrected chi connectivity index (χ4v) is 4.83. The summed E-state index contributed by atoms with van der Waals surface area (Å²) >= 11 is 0. The van der Waals surface area contributed by atoms with Gasteiger partial charge in [0, 0.05) is 10.8 Å². The van der Waals surface area contributed by atoms with Crippen LogP contribution in [0, 0.1) is 22.7 Å². The molecular formula is C32H14N10O2. The zero-order valence-electron chi connectivity index (χ0n) is 22.4. The molecule has 8 aromatic rings. The van der Waals surface area contributed by atoms with E-state index in [4.69, 9.17) is 29.4 Å². The highest BCUT2D eigenvalue weighted by atomic mass is 16.5. The second-order valence-corrected chi connectivity index (χ2v) is 9.49. The normalized spacial score (nSPS) is 11.1. The Balaban J connectivity index is 1.39. The van der Waals surface area contributed by atoms with Crippen LogP contribution in [0.2, 0.25) is 0 Å². The van der Waals surface area contributed by atoms with E-state index >= 15 is 0 Å². The molecule has 12 heteroatoms. The zero-order valence-corrected chi connectivity index (χ0v) is 22.4. The Labute approximate surface area is 246 Å². The molecule has 204 valence electrons. The second-order valence-electron chi connectivity index (χ2n) is 9.49. The number of aromatic nitrogens is 8. The van der Waals surface area contributed by atoms with Gasteiger partial charge >= 0.3 is 0 Å². The number of fused-ring (bicyclic) bond motifs is 8. The highest BCUT2D eigenvalue weighted by molar-refractivity contribution is 6.22. The van der Waals surface area contributed by atoms with Gasteiger partial charge in [-0.05, 0) is 24.3 Å². The smallest absolute Gasteiger partial charge is 0.258 e. The zero-order chi connectivity index (χ0) is 29.6. The second kappa shape index (κ2) is 9.87. The quantitative estimate of drug-likeness (QED) is 0.180. The molecule has 0 saturated heterocycles. The fourth-order valence-electron chi connectivity index (χ4n) is 4.83. The molecule has 0 radical (unpaired) electrons. The summed E-state index contributed by atoms with van der Waals surface area (Å²) in [6.07, 6.45) is 0. The van der Waals surface area contributed by atoms with E-state index in [0.29, 0.717) is 33.6 Å². The SMILES string of the molecule is N#Cc1nc2nc3c4ccccc4c4nc5nc(Oc6ccccc6)c(C#N)nc5nc4c3nc2nc1Oc1ccccc1. The third kappa shape index (κ3) is 4.07. The first-order chi connectivity index (χ1) is 21.7. The average Bonchev–Trinajstić information content (AvgIpc) is 3.07. The van der Waals surface area contributed by atoms with Crippen molar-refractivity contribution in [1.82, 2.24) is 39.9 Å². The minimum absolute atomic E-state index is 0.00282. The number of nitriles is 2. The maximum atomic E-state index is 9.82. The standard InChI is InChI=1S/C32H14N10O2/c33-15-21-32(44-18-11-5-2-6-12-18)42-30-27(35-21)37-23-19-13-7-8-14-20(19)24-25(26(23)40-30)39-28-29(38-24)41-31(22(16-34)36-28)43-17-9-3-1-4-10-17/h1-14H. The molecule has 4 aromatic heterocycles. The Morgan fingerprint density at radius 1 is 0.409 bits per heavy atom. The molecule has 0 amide bonds. The van der Waals surface area contributed by atoms with Crippen LogP contribution in [-0.4, -0.2) is 39.9 Å². The molecule has 0 aliphatic heterocycles. The summed E-state index contributed by atoms with van der Waals surface area (Å²) in [5, 5.41) is 21.1. The third-order valence-electron chi connectivity index (χ3n) is 6.76. The number of nitrogens with zero attached hydrogens (tertiary/aromatic N) is 10. The minimum atomic E-state index is -0.0470. The van der Waals surface area contributed by atoms with Crippen LogP contribution in [-0.2, 0) is 0 Å². The predicted molar refractivity (Wildman–Crippen MR) is 159 cm³/mol.